The quantitative estimate of drug-likeness (QED) is 0.719. The van der Waals surface area contributed by atoms with E-state index in [1.54, 1.807) is 18.3 Å². The molecular formula is C23H29N3O5. The van der Waals surface area contributed by atoms with Gasteiger partial charge in [0.1, 0.15) is 29.9 Å². The van der Waals surface area contributed by atoms with Crippen molar-refractivity contribution in [1.29, 1.82) is 0 Å². The lowest BCUT2D eigenvalue weighted by Crippen LogP contribution is -2.37. The molecule has 0 aliphatic heterocycles. The second kappa shape index (κ2) is 9.78. The number of hydrogen-bond acceptors (Lipinski definition) is 6. The van der Waals surface area contributed by atoms with Crippen LogP contribution in [0.3, 0.4) is 0 Å². The fraction of sp³-hybridized carbons (Fsp3) is 0.435. The van der Waals surface area contributed by atoms with E-state index in [1.165, 1.54) is 7.11 Å². The van der Waals surface area contributed by atoms with E-state index in [0.717, 1.165) is 11.1 Å². The maximum atomic E-state index is 12.3. The average Bonchev–Trinajstić information content (AvgIpc) is 2.69. The Morgan fingerprint density at radius 1 is 1.13 bits per heavy atom. The molecule has 0 radical (unpaired) electrons. The summed E-state index contributed by atoms with van der Waals surface area (Å²) in [6.07, 6.45) is 2.39. The van der Waals surface area contributed by atoms with Crippen molar-refractivity contribution in [2.45, 2.75) is 51.4 Å². The number of anilines is 1. The molecule has 0 spiro atoms. The second-order valence-corrected chi connectivity index (χ2v) is 8.37. The number of rotatable bonds is 6. The van der Waals surface area contributed by atoms with Crippen LogP contribution in [0.25, 0.3) is 0 Å². The van der Waals surface area contributed by atoms with Crippen molar-refractivity contribution in [3.63, 3.8) is 0 Å². The Morgan fingerprint density at radius 3 is 2.58 bits per heavy atom. The highest BCUT2D eigenvalue weighted by Crippen LogP contribution is 2.39. The largest absolute Gasteiger partial charge is 0.486 e. The SMILES string of the molecule is COCC(=O)Nc1cc(OC2CCC(NC(=O)OC(C)(C)C)c3ccccc32)ccn1. The molecule has 2 unspecified atom stereocenters. The topological polar surface area (TPSA) is 98.8 Å². The van der Waals surface area contributed by atoms with Crippen LogP contribution in [0, 0.1) is 0 Å². The van der Waals surface area contributed by atoms with E-state index < -0.39 is 11.7 Å². The van der Waals surface area contributed by atoms with Gasteiger partial charge in [0, 0.05) is 19.4 Å². The van der Waals surface area contributed by atoms with Crippen molar-refractivity contribution in [3.05, 3.63) is 53.7 Å². The zero-order chi connectivity index (χ0) is 22.4. The third-order valence-electron chi connectivity index (χ3n) is 4.68. The van der Waals surface area contributed by atoms with Crippen molar-refractivity contribution in [2.75, 3.05) is 19.0 Å². The number of amides is 2. The van der Waals surface area contributed by atoms with Gasteiger partial charge in [-0.3, -0.25) is 4.79 Å². The summed E-state index contributed by atoms with van der Waals surface area (Å²) in [6.45, 7) is 5.47. The third-order valence-corrected chi connectivity index (χ3v) is 4.68. The number of hydrogen-bond donors (Lipinski definition) is 2. The van der Waals surface area contributed by atoms with E-state index in [1.807, 2.05) is 45.0 Å². The van der Waals surface area contributed by atoms with Gasteiger partial charge in [0.2, 0.25) is 0 Å². The summed E-state index contributed by atoms with van der Waals surface area (Å²) >= 11 is 0. The Balaban J connectivity index is 1.72. The summed E-state index contributed by atoms with van der Waals surface area (Å²) < 4.78 is 16.5. The first-order chi connectivity index (χ1) is 14.7. The minimum absolute atomic E-state index is 0.0468. The number of methoxy groups -OCH3 is 1. The molecule has 2 aromatic rings. The van der Waals surface area contributed by atoms with Crippen molar-refractivity contribution < 1.29 is 23.8 Å². The number of alkyl carbamates (subject to hydrolysis) is 1. The lowest BCUT2D eigenvalue weighted by molar-refractivity contribution is -0.119. The fourth-order valence-electron chi connectivity index (χ4n) is 3.50. The van der Waals surface area contributed by atoms with Crippen LogP contribution in [0.2, 0.25) is 0 Å². The molecule has 0 saturated heterocycles. The van der Waals surface area contributed by atoms with Gasteiger partial charge in [-0.25, -0.2) is 9.78 Å². The van der Waals surface area contributed by atoms with E-state index in [4.69, 9.17) is 14.2 Å². The summed E-state index contributed by atoms with van der Waals surface area (Å²) in [4.78, 5) is 28.1. The van der Waals surface area contributed by atoms with Gasteiger partial charge in [-0.15, -0.1) is 0 Å². The van der Waals surface area contributed by atoms with E-state index in [-0.39, 0.29) is 24.7 Å². The highest BCUT2D eigenvalue weighted by Gasteiger charge is 2.30. The lowest BCUT2D eigenvalue weighted by Gasteiger charge is -2.32. The van der Waals surface area contributed by atoms with E-state index in [2.05, 4.69) is 15.6 Å². The first-order valence-corrected chi connectivity index (χ1v) is 10.2. The molecular weight excluding hydrogens is 398 g/mol. The summed E-state index contributed by atoms with van der Waals surface area (Å²) in [7, 11) is 1.46. The first-order valence-electron chi connectivity index (χ1n) is 10.2. The van der Waals surface area contributed by atoms with Crippen LogP contribution in [-0.2, 0) is 14.3 Å². The molecule has 3 rings (SSSR count). The summed E-state index contributed by atoms with van der Waals surface area (Å²) in [5.41, 5.74) is 1.46. The van der Waals surface area contributed by atoms with Gasteiger partial charge in [-0.2, -0.15) is 0 Å². The van der Waals surface area contributed by atoms with Crippen LogP contribution in [0.1, 0.15) is 56.9 Å². The average molecular weight is 428 g/mol. The summed E-state index contributed by atoms with van der Waals surface area (Å²) in [5.74, 6) is 0.709. The van der Waals surface area contributed by atoms with Gasteiger partial charge in [-0.05, 0) is 50.8 Å². The van der Waals surface area contributed by atoms with Crippen LogP contribution in [0.15, 0.2) is 42.6 Å². The molecule has 8 heteroatoms. The number of nitrogens with zero attached hydrogens (tertiary/aromatic N) is 1. The highest BCUT2D eigenvalue weighted by molar-refractivity contribution is 5.90. The Bertz CT molecular complexity index is 925. The van der Waals surface area contributed by atoms with E-state index >= 15 is 0 Å². The van der Waals surface area contributed by atoms with Gasteiger partial charge in [0.25, 0.3) is 5.91 Å². The van der Waals surface area contributed by atoms with E-state index in [0.29, 0.717) is 24.4 Å². The number of pyridine rings is 1. The lowest BCUT2D eigenvalue weighted by atomic mass is 9.85. The molecule has 0 bridgehead atoms. The molecule has 1 aliphatic rings. The maximum Gasteiger partial charge on any atom is 0.408 e. The monoisotopic (exact) mass is 427 g/mol. The van der Waals surface area contributed by atoms with Crippen LogP contribution in [-0.4, -0.2) is 36.3 Å². The molecule has 8 nitrogen and oxygen atoms in total. The second-order valence-electron chi connectivity index (χ2n) is 8.37. The third kappa shape index (κ3) is 6.42. The van der Waals surface area contributed by atoms with Gasteiger partial charge < -0.3 is 24.8 Å². The molecule has 1 aromatic carbocycles. The van der Waals surface area contributed by atoms with Gasteiger partial charge >= 0.3 is 6.09 Å². The van der Waals surface area contributed by atoms with Crippen molar-refractivity contribution in [3.8, 4) is 5.75 Å². The number of aromatic nitrogens is 1. The minimum Gasteiger partial charge on any atom is -0.486 e. The number of nitrogens with one attached hydrogen (secondary N) is 2. The fourth-order valence-corrected chi connectivity index (χ4v) is 3.50. The Labute approximate surface area is 182 Å². The zero-order valence-corrected chi connectivity index (χ0v) is 18.3. The molecule has 166 valence electrons. The Hall–Kier alpha value is -3.13. The van der Waals surface area contributed by atoms with Crippen molar-refractivity contribution in [2.24, 2.45) is 0 Å². The number of benzene rings is 1. The molecule has 0 fully saturated rings. The highest BCUT2D eigenvalue weighted by atomic mass is 16.6. The predicted octanol–water partition coefficient (Wildman–Crippen LogP) is 4.15. The maximum absolute atomic E-state index is 12.3. The summed E-state index contributed by atoms with van der Waals surface area (Å²) in [5, 5.41) is 5.64. The minimum atomic E-state index is -0.554. The van der Waals surface area contributed by atoms with Gasteiger partial charge in [0.15, 0.2) is 0 Å². The molecule has 2 atom stereocenters. The number of fused-ring (bicyclic) bond motifs is 1. The molecule has 2 amide bonds. The van der Waals surface area contributed by atoms with Crippen LogP contribution < -0.4 is 15.4 Å². The number of ether oxygens (including phenoxy) is 3. The standard InChI is InChI=1S/C23H29N3O5/c1-23(2,3)31-22(28)25-18-9-10-19(17-8-6-5-7-16(17)18)30-15-11-12-24-20(13-15)26-21(27)14-29-4/h5-8,11-13,18-19H,9-10,14H2,1-4H3,(H,25,28)(H,24,26,27). The molecule has 1 aromatic heterocycles. The van der Waals surface area contributed by atoms with Gasteiger partial charge in [0.05, 0.1) is 6.04 Å². The Kier molecular flexibility index (Phi) is 7.12. The summed E-state index contributed by atoms with van der Waals surface area (Å²) in [6, 6.07) is 11.2. The van der Waals surface area contributed by atoms with Crippen molar-refractivity contribution in [1.82, 2.24) is 10.3 Å². The molecule has 0 saturated carbocycles. The molecule has 2 N–H and O–H groups in total. The first kappa shape index (κ1) is 22.6. The van der Waals surface area contributed by atoms with Gasteiger partial charge in [-0.1, -0.05) is 24.3 Å². The zero-order valence-electron chi connectivity index (χ0n) is 18.3. The van der Waals surface area contributed by atoms with Crippen LogP contribution >= 0.6 is 0 Å². The van der Waals surface area contributed by atoms with Crippen molar-refractivity contribution >= 4 is 17.8 Å². The molecule has 31 heavy (non-hydrogen) atoms. The molecule has 1 aliphatic carbocycles. The predicted molar refractivity (Wildman–Crippen MR) is 116 cm³/mol. The number of carbonyl (C=O) groups is 2. The van der Waals surface area contributed by atoms with Crippen LogP contribution in [0.5, 0.6) is 5.75 Å². The van der Waals surface area contributed by atoms with Crippen LogP contribution in [0.4, 0.5) is 10.6 Å². The molecule has 1 heterocycles. The normalized spacial score (nSPS) is 17.9. The van der Waals surface area contributed by atoms with E-state index in [9.17, 15) is 9.59 Å². The number of carbonyl (C=O) groups excluding carboxylic acids is 2. The smallest absolute Gasteiger partial charge is 0.408 e. The Morgan fingerprint density at radius 2 is 1.87 bits per heavy atom.